The van der Waals surface area contributed by atoms with Gasteiger partial charge in [-0.2, -0.15) is 0 Å². The van der Waals surface area contributed by atoms with Crippen LogP contribution < -0.4 is 10.6 Å². The van der Waals surface area contributed by atoms with Gasteiger partial charge in [0.05, 0.1) is 0 Å². The molecule has 0 fully saturated rings. The monoisotopic (exact) mass is 289 g/mol. The Hall–Kier alpha value is -1.17. The fourth-order valence-electron chi connectivity index (χ4n) is 1.12. The van der Waals surface area contributed by atoms with Crippen LogP contribution in [-0.4, -0.2) is 24.0 Å². The molecular formula is C10H13BrFN3O. The van der Waals surface area contributed by atoms with Crippen molar-refractivity contribution in [2.75, 3.05) is 18.4 Å². The van der Waals surface area contributed by atoms with Crippen molar-refractivity contribution in [1.82, 2.24) is 10.3 Å². The van der Waals surface area contributed by atoms with E-state index < -0.39 is 5.82 Å². The van der Waals surface area contributed by atoms with Crippen molar-refractivity contribution in [3.63, 3.8) is 0 Å². The van der Waals surface area contributed by atoms with Crippen molar-refractivity contribution in [2.24, 2.45) is 0 Å². The van der Waals surface area contributed by atoms with Crippen LogP contribution in [0.2, 0.25) is 0 Å². The second-order valence-corrected chi connectivity index (χ2v) is 4.03. The number of rotatable bonds is 5. The molecule has 0 aromatic carbocycles. The van der Waals surface area contributed by atoms with E-state index in [1.165, 1.54) is 12.3 Å². The van der Waals surface area contributed by atoms with Crippen molar-refractivity contribution >= 4 is 27.7 Å². The molecule has 88 valence electrons. The van der Waals surface area contributed by atoms with Crippen LogP contribution in [0.4, 0.5) is 10.2 Å². The molecule has 0 bridgehead atoms. The van der Waals surface area contributed by atoms with Crippen molar-refractivity contribution in [3.05, 3.63) is 22.6 Å². The lowest BCUT2D eigenvalue weighted by molar-refractivity contribution is -0.120. The molecule has 0 spiro atoms. The SMILES string of the molecule is CCNC(=O)CCNc1ncc(Br)cc1F. The predicted molar refractivity (Wildman–Crippen MR) is 63.7 cm³/mol. The number of pyridine rings is 1. The molecule has 1 amide bonds. The van der Waals surface area contributed by atoms with Gasteiger partial charge >= 0.3 is 0 Å². The van der Waals surface area contributed by atoms with Gasteiger partial charge in [0.2, 0.25) is 5.91 Å². The van der Waals surface area contributed by atoms with Crippen LogP contribution in [-0.2, 0) is 4.79 Å². The van der Waals surface area contributed by atoms with Gasteiger partial charge < -0.3 is 10.6 Å². The highest BCUT2D eigenvalue weighted by Crippen LogP contribution is 2.15. The van der Waals surface area contributed by atoms with E-state index in [-0.39, 0.29) is 11.7 Å². The van der Waals surface area contributed by atoms with Gasteiger partial charge in [-0.15, -0.1) is 0 Å². The lowest BCUT2D eigenvalue weighted by Gasteiger charge is -2.06. The molecule has 6 heteroatoms. The van der Waals surface area contributed by atoms with E-state index in [0.717, 1.165) is 0 Å². The Kier molecular flexibility index (Phi) is 5.18. The minimum absolute atomic E-state index is 0.0625. The number of hydrogen-bond donors (Lipinski definition) is 2. The number of nitrogens with zero attached hydrogens (tertiary/aromatic N) is 1. The highest BCUT2D eigenvalue weighted by atomic mass is 79.9. The summed E-state index contributed by atoms with van der Waals surface area (Å²) >= 11 is 3.11. The van der Waals surface area contributed by atoms with Crippen LogP contribution in [0.25, 0.3) is 0 Å². The summed E-state index contributed by atoms with van der Waals surface area (Å²) in [6, 6.07) is 1.32. The maximum absolute atomic E-state index is 13.3. The minimum atomic E-state index is -0.440. The van der Waals surface area contributed by atoms with E-state index in [2.05, 4.69) is 31.5 Å². The van der Waals surface area contributed by atoms with Gasteiger partial charge in [0.15, 0.2) is 11.6 Å². The second-order valence-electron chi connectivity index (χ2n) is 3.11. The first-order chi connectivity index (χ1) is 7.63. The molecule has 0 unspecified atom stereocenters. The third kappa shape index (κ3) is 4.14. The molecule has 0 aliphatic carbocycles. The van der Waals surface area contributed by atoms with Crippen molar-refractivity contribution < 1.29 is 9.18 Å². The van der Waals surface area contributed by atoms with Crippen LogP contribution in [0.1, 0.15) is 13.3 Å². The highest BCUT2D eigenvalue weighted by Gasteiger charge is 2.04. The predicted octanol–water partition coefficient (Wildman–Crippen LogP) is 1.92. The average molecular weight is 290 g/mol. The maximum Gasteiger partial charge on any atom is 0.221 e. The van der Waals surface area contributed by atoms with E-state index in [4.69, 9.17) is 0 Å². The van der Waals surface area contributed by atoms with Crippen LogP contribution in [0, 0.1) is 5.82 Å². The summed E-state index contributed by atoms with van der Waals surface area (Å²) in [6.07, 6.45) is 1.79. The molecule has 0 saturated heterocycles. The van der Waals surface area contributed by atoms with Gasteiger partial charge in [-0.05, 0) is 28.9 Å². The zero-order chi connectivity index (χ0) is 12.0. The van der Waals surface area contributed by atoms with Gasteiger partial charge in [0.25, 0.3) is 0 Å². The minimum Gasteiger partial charge on any atom is -0.367 e. The number of carbonyl (C=O) groups is 1. The number of anilines is 1. The Morgan fingerprint density at radius 2 is 2.38 bits per heavy atom. The van der Waals surface area contributed by atoms with Crippen LogP contribution >= 0.6 is 15.9 Å². The summed E-state index contributed by atoms with van der Waals surface area (Å²) in [5.74, 6) is -0.342. The van der Waals surface area contributed by atoms with E-state index in [1.807, 2.05) is 6.92 Å². The number of nitrogens with one attached hydrogen (secondary N) is 2. The summed E-state index contributed by atoms with van der Waals surface area (Å²) in [5, 5.41) is 5.42. The second kappa shape index (κ2) is 6.42. The maximum atomic E-state index is 13.3. The number of aromatic nitrogens is 1. The largest absolute Gasteiger partial charge is 0.367 e. The Morgan fingerprint density at radius 1 is 1.62 bits per heavy atom. The first-order valence-electron chi connectivity index (χ1n) is 4.95. The van der Waals surface area contributed by atoms with E-state index in [9.17, 15) is 9.18 Å². The first kappa shape index (κ1) is 12.9. The van der Waals surface area contributed by atoms with Crippen molar-refractivity contribution in [1.29, 1.82) is 0 Å². The number of halogens is 2. The molecule has 0 aliphatic heterocycles. The third-order valence-electron chi connectivity index (χ3n) is 1.83. The Bertz CT molecular complexity index is 373. The summed E-state index contributed by atoms with van der Waals surface area (Å²) in [5.41, 5.74) is 0. The van der Waals surface area contributed by atoms with Gasteiger partial charge in [-0.25, -0.2) is 9.37 Å². The van der Waals surface area contributed by atoms with Crippen molar-refractivity contribution in [2.45, 2.75) is 13.3 Å². The molecule has 0 aliphatic rings. The molecule has 2 N–H and O–H groups in total. The summed E-state index contributed by atoms with van der Waals surface area (Å²) in [4.78, 5) is 15.0. The van der Waals surface area contributed by atoms with Gasteiger partial charge in [0.1, 0.15) is 0 Å². The lowest BCUT2D eigenvalue weighted by Crippen LogP contribution is -2.25. The van der Waals surface area contributed by atoms with E-state index in [0.29, 0.717) is 24.0 Å². The zero-order valence-corrected chi connectivity index (χ0v) is 10.5. The quantitative estimate of drug-likeness (QED) is 0.871. The Labute approximate surface area is 102 Å². The molecule has 1 rings (SSSR count). The molecule has 16 heavy (non-hydrogen) atoms. The normalized spacial score (nSPS) is 9.94. The Balaban J connectivity index is 2.40. The lowest BCUT2D eigenvalue weighted by atomic mass is 10.3. The Morgan fingerprint density at radius 3 is 3.00 bits per heavy atom. The summed E-state index contributed by atoms with van der Waals surface area (Å²) in [7, 11) is 0. The first-order valence-corrected chi connectivity index (χ1v) is 5.74. The fourth-order valence-corrected chi connectivity index (χ4v) is 1.43. The third-order valence-corrected chi connectivity index (χ3v) is 2.26. The number of amides is 1. The molecule has 1 aromatic heterocycles. The zero-order valence-electron chi connectivity index (χ0n) is 8.89. The number of hydrogen-bond acceptors (Lipinski definition) is 3. The van der Waals surface area contributed by atoms with Crippen molar-refractivity contribution in [3.8, 4) is 0 Å². The highest BCUT2D eigenvalue weighted by molar-refractivity contribution is 9.10. The number of carbonyl (C=O) groups excluding carboxylic acids is 1. The molecule has 0 saturated carbocycles. The van der Waals surface area contributed by atoms with Crippen LogP contribution in [0.15, 0.2) is 16.7 Å². The topological polar surface area (TPSA) is 54.0 Å². The molecule has 1 heterocycles. The fraction of sp³-hybridized carbons (Fsp3) is 0.400. The average Bonchev–Trinajstić information content (AvgIpc) is 2.22. The van der Waals surface area contributed by atoms with Gasteiger partial charge in [0, 0.05) is 30.2 Å². The van der Waals surface area contributed by atoms with Gasteiger partial charge in [-0.3, -0.25) is 4.79 Å². The summed E-state index contributed by atoms with van der Waals surface area (Å²) in [6.45, 7) is 2.81. The molecule has 4 nitrogen and oxygen atoms in total. The van der Waals surface area contributed by atoms with E-state index >= 15 is 0 Å². The molecular weight excluding hydrogens is 277 g/mol. The molecule has 0 radical (unpaired) electrons. The smallest absolute Gasteiger partial charge is 0.221 e. The van der Waals surface area contributed by atoms with E-state index in [1.54, 1.807) is 0 Å². The van der Waals surface area contributed by atoms with Crippen LogP contribution in [0.5, 0.6) is 0 Å². The van der Waals surface area contributed by atoms with Crippen LogP contribution in [0.3, 0.4) is 0 Å². The molecule has 0 atom stereocenters. The van der Waals surface area contributed by atoms with Gasteiger partial charge in [-0.1, -0.05) is 0 Å². The summed E-state index contributed by atoms with van der Waals surface area (Å²) < 4.78 is 13.9. The standard InChI is InChI=1S/C10H13BrFN3O/c1-2-13-9(16)3-4-14-10-8(12)5-7(11)6-15-10/h5-6H,2-4H2,1H3,(H,13,16)(H,14,15). The molecule has 1 aromatic rings.